The van der Waals surface area contributed by atoms with E-state index in [1.807, 2.05) is 26.0 Å². The number of aromatic hydroxyl groups is 1. The molecule has 3 N–H and O–H groups in total. The van der Waals surface area contributed by atoms with Gasteiger partial charge in [-0.1, -0.05) is 44.2 Å². The summed E-state index contributed by atoms with van der Waals surface area (Å²) in [6.07, 6.45) is 0.353. The minimum absolute atomic E-state index is 0.0789. The summed E-state index contributed by atoms with van der Waals surface area (Å²) in [6, 6.07) is 19.5. The Morgan fingerprint density at radius 3 is 2.35 bits per heavy atom. The maximum atomic E-state index is 12.4. The molecular weight excluding hydrogens is 455 g/mol. The maximum absolute atomic E-state index is 12.4. The van der Waals surface area contributed by atoms with Gasteiger partial charge in [-0.05, 0) is 66.2 Å². The van der Waals surface area contributed by atoms with Crippen molar-refractivity contribution in [2.45, 2.75) is 20.3 Å². The summed E-state index contributed by atoms with van der Waals surface area (Å²) >= 11 is 0. The van der Waals surface area contributed by atoms with E-state index in [9.17, 15) is 24.3 Å². The number of phenolic OH excluding ortho intramolecular Hbond substituents is 1. The number of rotatable bonds is 11. The lowest BCUT2D eigenvalue weighted by atomic mass is 10.1. The molecular formula is C25H29N2O6P. The molecule has 0 heterocycles. The number of nitrogens with zero attached hydrogens (tertiary/aromatic N) is 1. The lowest BCUT2D eigenvalue weighted by molar-refractivity contribution is 0.0991. The first-order valence-electron chi connectivity index (χ1n) is 10.9. The number of hydrogen-bond donors (Lipinski definition) is 3. The molecule has 0 saturated heterocycles. The Balaban J connectivity index is 0.00000199. The van der Waals surface area contributed by atoms with Gasteiger partial charge in [0.2, 0.25) is 0 Å². The van der Waals surface area contributed by atoms with Crippen molar-refractivity contribution in [1.29, 1.82) is 0 Å². The molecule has 0 amide bonds. The smallest absolute Gasteiger partial charge is 0.265 e. The van der Waals surface area contributed by atoms with E-state index in [-0.39, 0.29) is 30.1 Å². The summed E-state index contributed by atoms with van der Waals surface area (Å²) in [5, 5.41) is 15.5. The Bertz CT molecular complexity index is 1120. The molecule has 0 fully saturated rings. The van der Waals surface area contributed by atoms with Crippen molar-refractivity contribution in [3.63, 3.8) is 0 Å². The van der Waals surface area contributed by atoms with Crippen molar-refractivity contribution in [3.8, 4) is 11.5 Å². The van der Waals surface area contributed by atoms with E-state index in [0.29, 0.717) is 29.6 Å². The van der Waals surface area contributed by atoms with E-state index in [4.69, 9.17) is 4.74 Å². The molecule has 1 atom stereocenters. The number of phenols is 1. The average molecular weight is 484 g/mol. The normalized spacial score (nSPS) is 12.1. The highest BCUT2D eigenvalue weighted by Gasteiger charge is 2.21. The highest BCUT2D eigenvalue weighted by Crippen LogP contribution is 2.39. The number of Topliss-reactive ketones (excluding diaryl/α,β-unsaturated/α-hetero) is 1. The highest BCUT2D eigenvalue weighted by atomic mass is 31.2. The number of ketones is 1. The van der Waals surface area contributed by atoms with Crippen LogP contribution in [0.15, 0.2) is 78.0 Å². The molecule has 180 valence electrons. The van der Waals surface area contributed by atoms with Crippen LogP contribution < -0.4 is 15.4 Å². The maximum Gasteiger partial charge on any atom is 0.265 e. The van der Waals surface area contributed by atoms with Crippen LogP contribution >= 0.6 is 7.37 Å². The summed E-state index contributed by atoms with van der Waals surface area (Å²) in [6.45, 7) is 4.62. The zero-order valence-electron chi connectivity index (χ0n) is 19.2. The molecule has 1 unspecified atom stereocenters. The van der Waals surface area contributed by atoms with Gasteiger partial charge in [-0.25, -0.2) is 0 Å². The van der Waals surface area contributed by atoms with Crippen LogP contribution in [0, 0.1) is 4.91 Å². The van der Waals surface area contributed by atoms with E-state index in [1.54, 1.807) is 42.5 Å². The van der Waals surface area contributed by atoms with Gasteiger partial charge >= 0.3 is 0 Å². The fourth-order valence-electron chi connectivity index (χ4n) is 2.96. The topological polar surface area (TPSA) is 125 Å². The fraction of sp³-hybridized carbons (Fsp3) is 0.240. The van der Waals surface area contributed by atoms with Gasteiger partial charge in [0, 0.05) is 10.9 Å². The van der Waals surface area contributed by atoms with Gasteiger partial charge in [-0.15, -0.1) is 4.91 Å². The lowest BCUT2D eigenvalue weighted by Crippen LogP contribution is -2.25. The van der Waals surface area contributed by atoms with Crippen LogP contribution in [-0.2, 0) is 11.0 Å². The van der Waals surface area contributed by atoms with Crippen molar-refractivity contribution in [1.82, 2.24) is 5.32 Å². The van der Waals surface area contributed by atoms with Crippen molar-refractivity contribution in [2.75, 3.05) is 19.4 Å². The zero-order chi connectivity index (χ0) is 25.0. The molecule has 0 bridgehead atoms. The predicted octanol–water partition coefficient (Wildman–Crippen LogP) is 4.76. The molecule has 0 radical (unpaired) electrons. The van der Waals surface area contributed by atoms with Gasteiger partial charge in [0.15, 0.2) is 12.1 Å². The number of hydrogen-bond acceptors (Lipinski definition) is 7. The third-order valence-electron chi connectivity index (χ3n) is 4.76. The second kappa shape index (κ2) is 13.4. The molecule has 9 heteroatoms. The third kappa shape index (κ3) is 7.92. The largest absolute Gasteiger partial charge is 0.506 e. The Hall–Kier alpha value is -3.32. The number of benzene rings is 3. The summed E-state index contributed by atoms with van der Waals surface area (Å²) < 4.78 is 17.9. The minimum atomic E-state index is -3.59. The van der Waals surface area contributed by atoms with E-state index in [1.165, 1.54) is 18.2 Å². The quantitative estimate of drug-likeness (QED) is 0.155. The molecule has 0 spiro atoms. The lowest BCUT2D eigenvalue weighted by Gasteiger charge is -2.13. The van der Waals surface area contributed by atoms with E-state index >= 15 is 0 Å². The predicted molar refractivity (Wildman–Crippen MR) is 134 cm³/mol. The van der Waals surface area contributed by atoms with Crippen LogP contribution in [0.4, 0.5) is 5.69 Å². The molecule has 3 rings (SSSR count). The summed E-state index contributed by atoms with van der Waals surface area (Å²) in [5.41, 5.74) is 1.13. The van der Waals surface area contributed by atoms with E-state index in [0.717, 1.165) is 5.56 Å². The van der Waals surface area contributed by atoms with Crippen molar-refractivity contribution in [2.24, 2.45) is 5.18 Å². The molecule has 3 aromatic carbocycles. The zero-order valence-corrected chi connectivity index (χ0v) is 20.1. The number of nitrogens with one attached hydrogen (secondary N) is 1. The van der Waals surface area contributed by atoms with Gasteiger partial charge in [-0.2, -0.15) is 0 Å². The van der Waals surface area contributed by atoms with Crippen LogP contribution in [0.1, 0.15) is 29.8 Å². The Labute approximate surface area is 199 Å². The molecule has 0 aliphatic carbocycles. The van der Waals surface area contributed by atoms with Gasteiger partial charge < -0.3 is 20.1 Å². The van der Waals surface area contributed by atoms with Crippen LogP contribution in [0.25, 0.3) is 0 Å². The van der Waals surface area contributed by atoms with E-state index in [2.05, 4.69) is 10.5 Å². The van der Waals surface area contributed by atoms with Crippen molar-refractivity contribution >= 4 is 24.1 Å². The van der Waals surface area contributed by atoms with Crippen LogP contribution in [0.3, 0.4) is 0 Å². The Kier molecular flexibility index (Phi) is 10.6. The third-order valence-corrected chi connectivity index (χ3v) is 6.35. The Morgan fingerprint density at radius 1 is 1.03 bits per heavy atom. The molecule has 8 nitrogen and oxygen atoms in total. The minimum Gasteiger partial charge on any atom is -0.506 e. The van der Waals surface area contributed by atoms with Crippen LogP contribution in [-0.4, -0.2) is 35.2 Å². The number of ether oxygens (including phenoxy) is 1. The molecule has 3 aromatic rings. The van der Waals surface area contributed by atoms with Crippen LogP contribution in [0.2, 0.25) is 0 Å². The summed E-state index contributed by atoms with van der Waals surface area (Å²) in [4.78, 5) is 33.0. The number of carbonyl (C=O) groups excluding carboxylic acids is 1. The van der Waals surface area contributed by atoms with Gasteiger partial charge in [0.05, 0.1) is 6.54 Å². The summed E-state index contributed by atoms with van der Waals surface area (Å²) in [5.74, 6) is 0.0123. The molecule has 34 heavy (non-hydrogen) atoms. The van der Waals surface area contributed by atoms with E-state index < -0.39 is 7.37 Å². The first-order valence-corrected chi connectivity index (χ1v) is 12.7. The average Bonchev–Trinajstić information content (AvgIpc) is 2.88. The SMILES string of the molecule is CC.O=Nc1cc(C(=O)CNCCc2ccc(OCP(=O)(O)c3ccccc3)cc2)ccc1O. The van der Waals surface area contributed by atoms with Gasteiger partial charge in [0.25, 0.3) is 7.37 Å². The van der Waals surface area contributed by atoms with Gasteiger partial charge in [0.1, 0.15) is 17.2 Å². The fourth-order valence-corrected chi connectivity index (χ4v) is 4.07. The first kappa shape index (κ1) is 26.9. The molecule has 0 aromatic heterocycles. The molecule has 0 saturated carbocycles. The summed E-state index contributed by atoms with van der Waals surface area (Å²) in [7, 11) is -3.59. The standard InChI is InChI=1S/C23H23N2O6P.C2H6/c26-22-11-8-18(14-21(22)25-28)23(27)15-24-13-12-17-6-9-19(10-7-17)31-16-32(29,30)20-4-2-1-3-5-20;1-2/h1-11,14,24,26H,12-13,15-16H2,(H,29,30);1-2H3. The number of nitroso groups, excluding NO2 is 1. The van der Waals surface area contributed by atoms with Gasteiger partial charge in [-0.3, -0.25) is 9.36 Å². The van der Waals surface area contributed by atoms with Crippen molar-refractivity contribution < 1.29 is 24.1 Å². The number of carbonyl (C=O) groups is 1. The molecule has 0 aliphatic rings. The molecule has 0 aliphatic heterocycles. The first-order chi connectivity index (χ1) is 16.4. The van der Waals surface area contributed by atoms with Crippen molar-refractivity contribution in [3.05, 3.63) is 88.8 Å². The second-order valence-electron chi connectivity index (χ2n) is 7.10. The monoisotopic (exact) mass is 484 g/mol. The van der Waals surface area contributed by atoms with Crippen LogP contribution in [0.5, 0.6) is 11.5 Å². The Morgan fingerprint density at radius 2 is 1.71 bits per heavy atom. The highest BCUT2D eigenvalue weighted by molar-refractivity contribution is 7.65. The second-order valence-corrected chi connectivity index (χ2v) is 9.28.